The number of nitrogens with one attached hydrogen (secondary N) is 1. The fourth-order valence-electron chi connectivity index (χ4n) is 1.60. The fourth-order valence-corrected chi connectivity index (χ4v) is 1.60. The number of rotatable bonds is 0. The molecule has 0 aromatic heterocycles. The van der Waals surface area contributed by atoms with Gasteiger partial charge in [0.2, 0.25) is 0 Å². The van der Waals surface area contributed by atoms with Gasteiger partial charge in [0.05, 0.1) is 5.92 Å². The molecule has 4 heteroatoms. The Bertz CT molecular complexity index is 257. The molecule has 4 nitrogen and oxygen atoms in total. The summed E-state index contributed by atoms with van der Waals surface area (Å²) >= 11 is 0. The van der Waals surface area contributed by atoms with Crippen LogP contribution >= 0.6 is 0 Å². The Labute approximate surface area is 70.8 Å². The van der Waals surface area contributed by atoms with Gasteiger partial charge >= 0.3 is 0 Å². The SMILES string of the molecule is O=C1N=CN=C2CCNCCC12. The van der Waals surface area contributed by atoms with E-state index in [9.17, 15) is 4.79 Å². The quantitative estimate of drug-likeness (QED) is 0.549. The third-order valence-electron chi connectivity index (χ3n) is 2.28. The molecule has 1 saturated heterocycles. The lowest BCUT2D eigenvalue weighted by atomic mass is 9.97. The summed E-state index contributed by atoms with van der Waals surface area (Å²) in [7, 11) is 0. The Morgan fingerprint density at radius 1 is 1.50 bits per heavy atom. The molecule has 0 aromatic rings. The molecule has 0 spiro atoms. The molecule has 1 fully saturated rings. The molecule has 0 radical (unpaired) electrons. The number of carbonyl (C=O) groups is 1. The van der Waals surface area contributed by atoms with Crippen LogP contribution in [0.15, 0.2) is 9.98 Å². The van der Waals surface area contributed by atoms with Crippen molar-refractivity contribution in [3.8, 4) is 0 Å². The number of nitrogens with zero attached hydrogens (tertiary/aromatic N) is 2. The highest BCUT2D eigenvalue weighted by molar-refractivity contribution is 6.11. The molecule has 2 rings (SSSR count). The molecule has 64 valence electrons. The van der Waals surface area contributed by atoms with E-state index in [0.29, 0.717) is 0 Å². The highest BCUT2D eigenvalue weighted by Crippen LogP contribution is 2.15. The van der Waals surface area contributed by atoms with Crippen molar-refractivity contribution in [3.63, 3.8) is 0 Å². The lowest BCUT2D eigenvalue weighted by Crippen LogP contribution is -2.25. The van der Waals surface area contributed by atoms with Crippen LogP contribution in [0.25, 0.3) is 0 Å². The molecule has 1 unspecified atom stereocenters. The van der Waals surface area contributed by atoms with Crippen molar-refractivity contribution in [2.24, 2.45) is 15.9 Å². The Hall–Kier alpha value is -1.03. The van der Waals surface area contributed by atoms with E-state index in [1.165, 1.54) is 6.34 Å². The summed E-state index contributed by atoms with van der Waals surface area (Å²) in [5, 5.41) is 3.24. The molecular formula is C8H11N3O. The van der Waals surface area contributed by atoms with Crippen LogP contribution in [0, 0.1) is 5.92 Å². The minimum atomic E-state index is -0.0370. The lowest BCUT2D eigenvalue weighted by Gasteiger charge is -2.13. The van der Waals surface area contributed by atoms with E-state index in [-0.39, 0.29) is 11.8 Å². The largest absolute Gasteiger partial charge is 0.316 e. The van der Waals surface area contributed by atoms with Gasteiger partial charge in [0, 0.05) is 12.3 Å². The second-order valence-corrected chi connectivity index (χ2v) is 3.04. The Kier molecular flexibility index (Phi) is 1.99. The first-order chi connectivity index (χ1) is 5.88. The summed E-state index contributed by atoms with van der Waals surface area (Å²) in [6, 6.07) is 0. The predicted molar refractivity (Wildman–Crippen MR) is 46.5 cm³/mol. The average Bonchev–Trinajstić information content (AvgIpc) is 2.30. The minimum absolute atomic E-state index is 0.0244. The summed E-state index contributed by atoms with van der Waals surface area (Å²) in [4.78, 5) is 19.1. The van der Waals surface area contributed by atoms with Crippen molar-refractivity contribution in [2.75, 3.05) is 13.1 Å². The number of hydrogen-bond donors (Lipinski definition) is 1. The standard InChI is InChI=1S/C8H11N3O/c12-8-6-1-3-9-4-2-7(6)10-5-11-8/h5-6,9H,1-4H2. The van der Waals surface area contributed by atoms with Gasteiger partial charge in [-0.1, -0.05) is 0 Å². The lowest BCUT2D eigenvalue weighted by molar-refractivity contribution is -0.119. The molecule has 2 heterocycles. The van der Waals surface area contributed by atoms with Gasteiger partial charge < -0.3 is 5.32 Å². The molecule has 0 aromatic carbocycles. The number of hydrogen-bond acceptors (Lipinski definition) is 3. The summed E-state index contributed by atoms with van der Waals surface area (Å²) in [6.07, 6.45) is 3.09. The van der Waals surface area contributed by atoms with Crippen molar-refractivity contribution >= 4 is 18.0 Å². The number of fused-ring (bicyclic) bond motifs is 1. The van der Waals surface area contributed by atoms with Crippen LogP contribution in [-0.4, -0.2) is 31.0 Å². The molecule has 1 atom stereocenters. The Balaban J connectivity index is 2.22. The number of carbonyl (C=O) groups excluding carboxylic acids is 1. The van der Waals surface area contributed by atoms with Gasteiger partial charge in [-0.15, -0.1) is 0 Å². The molecule has 0 saturated carbocycles. The smallest absolute Gasteiger partial charge is 0.255 e. The molecule has 2 aliphatic rings. The second-order valence-electron chi connectivity index (χ2n) is 3.04. The maximum atomic E-state index is 11.3. The van der Waals surface area contributed by atoms with E-state index in [1.807, 2.05) is 0 Å². The highest BCUT2D eigenvalue weighted by Gasteiger charge is 2.26. The maximum Gasteiger partial charge on any atom is 0.255 e. The van der Waals surface area contributed by atoms with Crippen LogP contribution in [0.3, 0.4) is 0 Å². The van der Waals surface area contributed by atoms with Crippen molar-refractivity contribution in [1.29, 1.82) is 0 Å². The second kappa shape index (κ2) is 3.15. The van der Waals surface area contributed by atoms with E-state index < -0.39 is 0 Å². The van der Waals surface area contributed by atoms with Gasteiger partial charge in [0.1, 0.15) is 6.34 Å². The molecule has 1 N–H and O–H groups in total. The summed E-state index contributed by atoms with van der Waals surface area (Å²) in [6.45, 7) is 1.82. The third-order valence-corrected chi connectivity index (χ3v) is 2.28. The van der Waals surface area contributed by atoms with E-state index in [1.54, 1.807) is 0 Å². The van der Waals surface area contributed by atoms with Crippen LogP contribution in [-0.2, 0) is 4.79 Å². The predicted octanol–water partition coefficient (Wildman–Crippen LogP) is -0.00450. The van der Waals surface area contributed by atoms with Gasteiger partial charge in [-0.2, -0.15) is 0 Å². The number of aliphatic imine (C=N–C) groups is 2. The van der Waals surface area contributed by atoms with E-state index in [0.717, 1.165) is 31.6 Å². The van der Waals surface area contributed by atoms with Gasteiger partial charge in [-0.3, -0.25) is 4.79 Å². The molecule has 12 heavy (non-hydrogen) atoms. The summed E-state index contributed by atoms with van der Waals surface area (Å²) in [5.74, 6) is -0.0614. The van der Waals surface area contributed by atoms with Gasteiger partial charge in [-0.25, -0.2) is 9.98 Å². The van der Waals surface area contributed by atoms with E-state index >= 15 is 0 Å². The van der Waals surface area contributed by atoms with Crippen molar-refractivity contribution in [1.82, 2.24) is 5.32 Å². The van der Waals surface area contributed by atoms with Crippen molar-refractivity contribution in [2.45, 2.75) is 12.8 Å². The first-order valence-corrected chi connectivity index (χ1v) is 4.21. The van der Waals surface area contributed by atoms with Crippen LogP contribution in [0.1, 0.15) is 12.8 Å². The Morgan fingerprint density at radius 2 is 2.42 bits per heavy atom. The molecule has 2 aliphatic heterocycles. The summed E-state index contributed by atoms with van der Waals surface area (Å²) < 4.78 is 0. The molecule has 1 amide bonds. The monoisotopic (exact) mass is 165 g/mol. The minimum Gasteiger partial charge on any atom is -0.316 e. The van der Waals surface area contributed by atoms with Crippen LogP contribution in [0.4, 0.5) is 0 Å². The maximum absolute atomic E-state index is 11.3. The third kappa shape index (κ3) is 1.30. The zero-order valence-corrected chi connectivity index (χ0v) is 6.79. The van der Waals surface area contributed by atoms with Gasteiger partial charge in [-0.05, 0) is 19.4 Å². The van der Waals surface area contributed by atoms with E-state index in [4.69, 9.17) is 0 Å². The van der Waals surface area contributed by atoms with Crippen LogP contribution < -0.4 is 5.32 Å². The normalized spacial score (nSPS) is 29.2. The zero-order chi connectivity index (χ0) is 8.39. The topological polar surface area (TPSA) is 53.8 Å². The Morgan fingerprint density at radius 3 is 3.33 bits per heavy atom. The van der Waals surface area contributed by atoms with Gasteiger partial charge in [0.25, 0.3) is 5.91 Å². The zero-order valence-electron chi connectivity index (χ0n) is 6.79. The van der Waals surface area contributed by atoms with Gasteiger partial charge in [0.15, 0.2) is 0 Å². The molecule has 0 bridgehead atoms. The van der Waals surface area contributed by atoms with E-state index in [2.05, 4.69) is 15.3 Å². The first kappa shape index (κ1) is 7.61. The fraction of sp³-hybridized carbons (Fsp3) is 0.625. The summed E-state index contributed by atoms with van der Waals surface area (Å²) in [5.41, 5.74) is 1.00. The molecule has 0 aliphatic carbocycles. The van der Waals surface area contributed by atoms with Crippen LogP contribution in [0.2, 0.25) is 0 Å². The van der Waals surface area contributed by atoms with Crippen molar-refractivity contribution in [3.05, 3.63) is 0 Å². The van der Waals surface area contributed by atoms with Crippen LogP contribution in [0.5, 0.6) is 0 Å². The number of amides is 1. The molecular weight excluding hydrogens is 154 g/mol. The highest BCUT2D eigenvalue weighted by atomic mass is 16.1. The van der Waals surface area contributed by atoms with Crippen molar-refractivity contribution < 1.29 is 4.79 Å². The first-order valence-electron chi connectivity index (χ1n) is 4.21. The average molecular weight is 165 g/mol.